The summed E-state index contributed by atoms with van der Waals surface area (Å²) in [6, 6.07) is 27.2. The number of ether oxygens (including phenoxy) is 1. The van der Waals surface area contributed by atoms with Crippen LogP contribution in [0.3, 0.4) is 0 Å². The number of aryl methyl sites for hydroxylation is 1. The number of benzene rings is 3. The molecule has 7 nitrogen and oxygen atoms in total. The molecule has 0 bridgehead atoms. The average molecular weight is 529 g/mol. The molecule has 0 radical (unpaired) electrons. The number of para-hydroxylation sites is 1. The van der Waals surface area contributed by atoms with Gasteiger partial charge in [-0.05, 0) is 61.7 Å². The van der Waals surface area contributed by atoms with Crippen molar-refractivity contribution in [3.05, 3.63) is 118 Å². The molecule has 0 fully saturated rings. The molecule has 198 valence electrons. The minimum absolute atomic E-state index is 0.0343. The first-order chi connectivity index (χ1) is 19.4. The van der Waals surface area contributed by atoms with E-state index in [1.165, 1.54) is 0 Å². The number of imide groups is 1. The van der Waals surface area contributed by atoms with Crippen molar-refractivity contribution in [2.24, 2.45) is 0 Å². The Balaban J connectivity index is 1.56. The van der Waals surface area contributed by atoms with E-state index in [0.717, 1.165) is 33.0 Å². The highest BCUT2D eigenvalue weighted by Crippen LogP contribution is 2.31. The Kier molecular flexibility index (Phi) is 7.43. The second-order valence-electron chi connectivity index (χ2n) is 9.61. The van der Waals surface area contributed by atoms with Crippen LogP contribution < -0.4 is 4.74 Å². The molecule has 1 aliphatic rings. The normalized spacial score (nSPS) is 14.6. The summed E-state index contributed by atoms with van der Waals surface area (Å²) in [5, 5.41) is 14.7. The van der Waals surface area contributed by atoms with Gasteiger partial charge in [-0.3, -0.25) is 14.5 Å². The third-order valence-corrected chi connectivity index (χ3v) is 7.00. The molecule has 40 heavy (non-hydrogen) atoms. The molecule has 0 unspecified atom stereocenters. The van der Waals surface area contributed by atoms with E-state index in [0.29, 0.717) is 28.8 Å². The van der Waals surface area contributed by atoms with E-state index in [4.69, 9.17) is 9.84 Å². The molecule has 4 aromatic rings. The molecule has 2 amide bonds. The summed E-state index contributed by atoms with van der Waals surface area (Å²) in [5.74, 6) is -0.281. The molecule has 0 N–H and O–H groups in total. The monoisotopic (exact) mass is 528 g/mol. The van der Waals surface area contributed by atoms with E-state index in [-0.39, 0.29) is 12.1 Å². The molecule has 0 saturated carbocycles. The zero-order valence-corrected chi connectivity index (χ0v) is 22.6. The van der Waals surface area contributed by atoms with Gasteiger partial charge in [-0.25, -0.2) is 4.68 Å². The first-order valence-electron chi connectivity index (χ1n) is 12.9. The zero-order chi connectivity index (χ0) is 28.2. The molecular weight excluding hydrogens is 500 g/mol. The van der Waals surface area contributed by atoms with Crippen LogP contribution in [-0.4, -0.2) is 40.1 Å². The maximum absolute atomic E-state index is 13.7. The number of nitrogens with zero attached hydrogens (tertiary/aromatic N) is 4. The number of hydrogen-bond acceptors (Lipinski definition) is 5. The van der Waals surface area contributed by atoms with Crippen LogP contribution in [0, 0.1) is 18.3 Å². The Labute approximate surface area is 233 Å². The van der Waals surface area contributed by atoms with Gasteiger partial charge in [-0.15, -0.1) is 0 Å². The first-order valence-corrected chi connectivity index (χ1v) is 12.9. The van der Waals surface area contributed by atoms with Crippen molar-refractivity contribution in [3.63, 3.8) is 0 Å². The van der Waals surface area contributed by atoms with E-state index < -0.39 is 11.8 Å². The molecule has 0 spiro atoms. The highest BCUT2D eigenvalue weighted by molar-refractivity contribution is 6.19. The van der Waals surface area contributed by atoms with Gasteiger partial charge in [0, 0.05) is 29.4 Å². The van der Waals surface area contributed by atoms with Crippen molar-refractivity contribution in [1.82, 2.24) is 14.7 Å². The summed E-state index contributed by atoms with van der Waals surface area (Å²) in [4.78, 5) is 28.1. The lowest BCUT2D eigenvalue weighted by Gasteiger charge is -2.27. The fraction of sp³-hybridized carbons (Fsp3) is 0.152. The maximum Gasteiger partial charge on any atom is 0.271 e. The smallest absolute Gasteiger partial charge is 0.271 e. The van der Waals surface area contributed by atoms with E-state index >= 15 is 0 Å². The quantitative estimate of drug-likeness (QED) is 0.227. The molecule has 2 heterocycles. The second kappa shape index (κ2) is 11.3. The number of aromatic nitrogens is 2. The number of nitriles is 1. The van der Waals surface area contributed by atoms with Crippen LogP contribution in [0.2, 0.25) is 0 Å². The van der Waals surface area contributed by atoms with Gasteiger partial charge < -0.3 is 4.74 Å². The van der Waals surface area contributed by atoms with Gasteiger partial charge in [0.25, 0.3) is 11.8 Å². The highest BCUT2D eigenvalue weighted by atomic mass is 16.5. The lowest BCUT2D eigenvalue weighted by atomic mass is 9.93. The molecule has 1 aromatic heterocycles. The summed E-state index contributed by atoms with van der Waals surface area (Å²) < 4.78 is 6.98. The molecule has 3 aromatic carbocycles. The number of carbonyl (C=O) groups excluding carboxylic acids is 2. The van der Waals surface area contributed by atoms with Crippen molar-refractivity contribution in [2.45, 2.75) is 20.3 Å². The Morgan fingerprint density at radius 1 is 0.925 bits per heavy atom. The highest BCUT2D eigenvalue weighted by Gasteiger charge is 2.35. The number of hydrogen-bond donors (Lipinski definition) is 0. The van der Waals surface area contributed by atoms with Crippen LogP contribution in [0.1, 0.15) is 23.6 Å². The van der Waals surface area contributed by atoms with Gasteiger partial charge in [0.05, 0.1) is 18.5 Å². The predicted octanol–water partition coefficient (Wildman–Crippen LogP) is 5.69. The van der Waals surface area contributed by atoms with Crippen LogP contribution in [0.15, 0.2) is 102 Å². The number of carbonyl (C=O) groups is 2. The van der Waals surface area contributed by atoms with E-state index in [1.807, 2.05) is 98.1 Å². The largest absolute Gasteiger partial charge is 0.497 e. The van der Waals surface area contributed by atoms with Crippen LogP contribution in [-0.2, 0) is 16.0 Å². The van der Waals surface area contributed by atoms with Gasteiger partial charge in [0.2, 0.25) is 0 Å². The van der Waals surface area contributed by atoms with E-state index in [1.54, 1.807) is 24.8 Å². The van der Waals surface area contributed by atoms with Gasteiger partial charge in [-0.1, -0.05) is 60.2 Å². The lowest BCUT2D eigenvalue weighted by Crippen LogP contribution is -2.43. The van der Waals surface area contributed by atoms with Crippen LogP contribution in [0.4, 0.5) is 0 Å². The summed E-state index contributed by atoms with van der Waals surface area (Å²) in [7, 11) is 1.60. The molecule has 0 saturated heterocycles. The van der Waals surface area contributed by atoms with Crippen molar-refractivity contribution < 1.29 is 14.3 Å². The van der Waals surface area contributed by atoms with Crippen molar-refractivity contribution in [2.75, 3.05) is 13.7 Å². The van der Waals surface area contributed by atoms with Crippen molar-refractivity contribution in [3.8, 4) is 28.8 Å². The number of amides is 2. The molecule has 5 rings (SSSR count). The summed E-state index contributed by atoms with van der Waals surface area (Å²) in [6.07, 6.45) is 4.05. The first kappa shape index (κ1) is 26.4. The Morgan fingerprint density at radius 3 is 2.27 bits per heavy atom. The minimum atomic E-state index is -0.575. The third-order valence-electron chi connectivity index (χ3n) is 7.00. The predicted molar refractivity (Wildman–Crippen MR) is 153 cm³/mol. The standard InChI is InChI=1S/C33H28N4O3/c1-22-9-13-25(14-10-22)31-26(21-37(35-31)27-7-5-4-6-8-27)19-29-23(2)30(20-34)33(39)36(32(29)38)18-17-24-11-15-28(40-3)16-12-24/h4-16,19,21H,17-18H2,1-3H3/b29-19+. The van der Waals surface area contributed by atoms with Crippen LogP contribution in [0.5, 0.6) is 5.75 Å². The Bertz CT molecular complexity index is 1670. The third kappa shape index (κ3) is 5.20. The molecular formula is C33H28N4O3. The molecule has 1 aliphatic heterocycles. The zero-order valence-electron chi connectivity index (χ0n) is 22.6. The fourth-order valence-corrected chi connectivity index (χ4v) is 4.66. The Morgan fingerprint density at radius 2 is 1.62 bits per heavy atom. The second-order valence-corrected chi connectivity index (χ2v) is 9.61. The summed E-state index contributed by atoms with van der Waals surface area (Å²) >= 11 is 0. The number of methoxy groups -OCH3 is 1. The minimum Gasteiger partial charge on any atom is -0.497 e. The fourth-order valence-electron chi connectivity index (χ4n) is 4.66. The van der Waals surface area contributed by atoms with Gasteiger partial charge >= 0.3 is 0 Å². The van der Waals surface area contributed by atoms with Gasteiger partial charge in [-0.2, -0.15) is 10.4 Å². The van der Waals surface area contributed by atoms with Crippen LogP contribution in [0.25, 0.3) is 23.0 Å². The average Bonchev–Trinajstić information content (AvgIpc) is 3.40. The summed E-state index contributed by atoms with van der Waals surface area (Å²) in [5.41, 5.74) is 5.86. The van der Waals surface area contributed by atoms with E-state index in [9.17, 15) is 14.9 Å². The maximum atomic E-state index is 13.7. The van der Waals surface area contributed by atoms with Gasteiger partial charge in [0.15, 0.2) is 0 Å². The van der Waals surface area contributed by atoms with Crippen molar-refractivity contribution >= 4 is 17.9 Å². The SMILES string of the molecule is COc1ccc(CCN2C(=O)C(C#N)=C(C)/C(=C\c3cn(-c4ccccc4)nc3-c3ccc(C)cc3)C2=O)cc1. The van der Waals surface area contributed by atoms with Gasteiger partial charge in [0.1, 0.15) is 17.4 Å². The number of rotatable bonds is 7. The topological polar surface area (TPSA) is 88.2 Å². The lowest BCUT2D eigenvalue weighted by molar-refractivity contribution is -0.140. The van der Waals surface area contributed by atoms with Crippen LogP contribution >= 0.6 is 0 Å². The molecule has 0 aliphatic carbocycles. The van der Waals surface area contributed by atoms with E-state index in [2.05, 4.69) is 0 Å². The van der Waals surface area contributed by atoms with Crippen molar-refractivity contribution in [1.29, 1.82) is 5.26 Å². The summed E-state index contributed by atoms with van der Waals surface area (Å²) in [6.45, 7) is 3.81. The molecule has 7 heteroatoms. The molecule has 0 atom stereocenters. The Hall–Kier alpha value is -5.22.